The number of benzene rings is 2. The number of likely N-dealkylation sites (N-methyl/N-ethyl adjacent to an activating group) is 1. The van der Waals surface area contributed by atoms with Crippen LogP contribution in [-0.2, 0) is 9.59 Å². The van der Waals surface area contributed by atoms with E-state index in [9.17, 15) is 9.59 Å². The maximum absolute atomic E-state index is 12.7. The quantitative estimate of drug-likeness (QED) is 0.660. The Morgan fingerprint density at radius 2 is 1.79 bits per heavy atom. The van der Waals surface area contributed by atoms with E-state index in [1.165, 1.54) is 4.90 Å². The summed E-state index contributed by atoms with van der Waals surface area (Å²) in [4.78, 5) is 31.3. The highest BCUT2D eigenvalue weighted by Gasteiger charge is 2.37. The average Bonchev–Trinajstić information content (AvgIpc) is 3.41. The standard InChI is InChI=1S/C20H13N5O3S/c1-25-13-10-6-5-9-12(13)14(18(25)27)15-16(26)21-20(29-15)22-19-24-23-17(28-19)11-7-3-2-4-8-11/h2-10H,1H3,(H,21,22,24,26)/b15-14-. The minimum absolute atomic E-state index is 0.0215. The van der Waals surface area contributed by atoms with E-state index in [0.717, 1.165) is 28.6 Å². The third-order valence-electron chi connectivity index (χ3n) is 4.54. The number of anilines is 1. The summed E-state index contributed by atoms with van der Waals surface area (Å²) in [6.07, 6.45) is 0. The lowest BCUT2D eigenvalue weighted by Gasteiger charge is -2.08. The van der Waals surface area contributed by atoms with Gasteiger partial charge in [0.25, 0.3) is 11.8 Å². The number of carbonyl (C=O) groups is 2. The molecular formula is C20H13N5O3S. The molecule has 0 radical (unpaired) electrons. The molecule has 0 bridgehead atoms. The van der Waals surface area contributed by atoms with Crippen molar-refractivity contribution in [3.8, 4) is 11.5 Å². The van der Waals surface area contributed by atoms with Gasteiger partial charge in [0.2, 0.25) is 5.89 Å². The molecule has 3 heterocycles. The number of aliphatic imine (C=N–C) groups is 1. The molecule has 0 aliphatic carbocycles. The SMILES string of the molecule is CN1C(=O)/C(=C2\S/C(=N\c3nnc(-c4ccccc4)o3)NC2=O)c2ccccc21. The van der Waals surface area contributed by atoms with Crippen LogP contribution < -0.4 is 10.2 Å². The van der Waals surface area contributed by atoms with Crippen LogP contribution in [0.25, 0.3) is 17.0 Å². The molecule has 0 saturated carbocycles. The van der Waals surface area contributed by atoms with Gasteiger partial charge in [-0.2, -0.15) is 4.99 Å². The van der Waals surface area contributed by atoms with Crippen LogP contribution in [0.5, 0.6) is 0 Å². The third kappa shape index (κ3) is 2.92. The summed E-state index contributed by atoms with van der Waals surface area (Å²) >= 11 is 1.08. The van der Waals surface area contributed by atoms with Gasteiger partial charge in [0.1, 0.15) is 0 Å². The molecular weight excluding hydrogens is 390 g/mol. The molecule has 29 heavy (non-hydrogen) atoms. The van der Waals surface area contributed by atoms with Gasteiger partial charge in [-0.25, -0.2) is 0 Å². The van der Waals surface area contributed by atoms with Crippen LogP contribution in [0.2, 0.25) is 0 Å². The zero-order chi connectivity index (χ0) is 20.0. The maximum Gasteiger partial charge on any atom is 0.345 e. The summed E-state index contributed by atoms with van der Waals surface area (Å²) in [5, 5.41) is 10.8. The highest BCUT2D eigenvalue weighted by atomic mass is 32.2. The number of thioether (sulfide) groups is 1. The van der Waals surface area contributed by atoms with E-state index in [2.05, 4.69) is 20.5 Å². The van der Waals surface area contributed by atoms with Gasteiger partial charge in [-0.05, 0) is 30.0 Å². The van der Waals surface area contributed by atoms with Crippen molar-refractivity contribution in [2.24, 2.45) is 4.99 Å². The molecule has 2 aromatic carbocycles. The third-order valence-corrected chi connectivity index (χ3v) is 5.52. The molecule has 1 aromatic heterocycles. The molecule has 142 valence electrons. The Labute approximate surface area is 169 Å². The number of carbonyl (C=O) groups excluding carboxylic acids is 2. The van der Waals surface area contributed by atoms with Gasteiger partial charge >= 0.3 is 6.01 Å². The van der Waals surface area contributed by atoms with Gasteiger partial charge in [-0.15, -0.1) is 5.10 Å². The molecule has 1 fully saturated rings. The van der Waals surface area contributed by atoms with Crippen molar-refractivity contribution in [1.29, 1.82) is 0 Å². The van der Waals surface area contributed by atoms with E-state index >= 15 is 0 Å². The summed E-state index contributed by atoms with van der Waals surface area (Å²) in [5.41, 5.74) is 2.63. The number of amides is 2. The van der Waals surface area contributed by atoms with Gasteiger partial charge in [-0.3, -0.25) is 9.59 Å². The topological polar surface area (TPSA) is 101 Å². The summed E-state index contributed by atoms with van der Waals surface area (Å²) in [5.74, 6) is -0.279. The van der Waals surface area contributed by atoms with E-state index in [0.29, 0.717) is 16.4 Å². The Hall–Kier alpha value is -3.72. The lowest BCUT2D eigenvalue weighted by Crippen LogP contribution is -2.23. The smallest absolute Gasteiger partial charge is 0.345 e. The van der Waals surface area contributed by atoms with Gasteiger partial charge < -0.3 is 14.6 Å². The van der Waals surface area contributed by atoms with Gasteiger partial charge in [0, 0.05) is 18.2 Å². The van der Waals surface area contributed by atoms with Gasteiger partial charge in [0.05, 0.1) is 16.2 Å². The fourth-order valence-electron chi connectivity index (χ4n) is 3.17. The van der Waals surface area contributed by atoms with Crippen molar-refractivity contribution in [2.75, 3.05) is 11.9 Å². The molecule has 1 saturated heterocycles. The molecule has 2 amide bonds. The summed E-state index contributed by atoms with van der Waals surface area (Å²) in [6, 6.07) is 16.7. The molecule has 2 aliphatic heterocycles. The summed E-state index contributed by atoms with van der Waals surface area (Å²) in [7, 11) is 1.69. The van der Waals surface area contributed by atoms with Crippen molar-refractivity contribution >= 4 is 46.0 Å². The minimum atomic E-state index is -0.384. The molecule has 8 nitrogen and oxygen atoms in total. The fourth-order valence-corrected chi connectivity index (χ4v) is 4.08. The first kappa shape index (κ1) is 17.4. The lowest BCUT2D eigenvalue weighted by molar-refractivity contribution is -0.116. The first-order valence-corrected chi connectivity index (χ1v) is 9.52. The van der Waals surface area contributed by atoms with Gasteiger partial charge in [-0.1, -0.05) is 41.5 Å². The van der Waals surface area contributed by atoms with Crippen LogP contribution >= 0.6 is 11.8 Å². The van der Waals surface area contributed by atoms with E-state index in [4.69, 9.17) is 4.42 Å². The minimum Gasteiger partial charge on any atom is -0.402 e. The number of hydrogen-bond donors (Lipinski definition) is 1. The molecule has 2 aliphatic rings. The Kier molecular flexibility index (Phi) is 4.02. The number of aromatic nitrogens is 2. The number of hydrogen-bond acceptors (Lipinski definition) is 7. The first-order chi connectivity index (χ1) is 14.1. The lowest BCUT2D eigenvalue weighted by atomic mass is 10.1. The molecule has 5 rings (SSSR count). The second-order valence-corrected chi connectivity index (χ2v) is 7.31. The van der Waals surface area contributed by atoms with Crippen molar-refractivity contribution in [2.45, 2.75) is 0 Å². The average molecular weight is 403 g/mol. The van der Waals surface area contributed by atoms with Crippen LogP contribution in [0, 0.1) is 0 Å². The second-order valence-electron chi connectivity index (χ2n) is 6.31. The first-order valence-electron chi connectivity index (χ1n) is 8.70. The molecule has 9 heteroatoms. The normalized spacial score (nSPS) is 19.8. The number of amidine groups is 1. The monoisotopic (exact) mass is 403 g/mol. The van der Waals surface area contributed by atoms with Crippen LogP contribution in [0.1, 0.15) is 5.56 Å². The molecule has 1 N–H and O–H groups in total. The van der Waals surface area contributed by atoms with Crippen LogP contribution in [-0.4, -0.2) is 34.2 Å². The number of fused-ring (bicyclic) bond motifs is 1. The summed E-state index contributed by atoms with van der Waals surface area (Å²) < 4.78 is 5.56. The van der Waals surface area contributed by atoms with Crippen molar-refractivity contribution < 1.29 is 14.0 Å². The molecule has 3 aromatic rings. The molecule has 0 atom stereocenters. The highest BCUT2D eigenvalue weighted by molar-refractivity contribution is 8.18. The Bertz CT molecular complexity index is 1220. The maximum atomic E-state index is 12.7. The molecule has 0 spiro atoms. The van der Waals surface area contributed by atoms with Crippen molar-refractivity contribution in [1.82, 2.24) is 15.5 Å². The number of para-hydroxylation sites is 1. The second kappa shape index (κ2) is 6.71. The predicted molar refractivity (Wildman–Crippen MR) is 109 cm³/mol. The van der Waals surface area contributed by atoms with Gasteiger partial charge in [0.15, 0.2) is 5.17 Å². The highest BCUT2D eigenvalue weighted by Crippen LogP contribution is 2.42. The summed E-state index contributed by atoms with van der Waals surface area (Å²) in [6.45, 7) is 0. The van der Waals surface area contributed by atoms with Crippen LogP contribution in [0.15, 0.2) is 68.9 Å². The number of nitrogens with one attached hydrogen (secondary N) is 1. The van der Waals surface area contributed by atoms with E-state index in [1.54, 1.807) is 7.05 Å². The Morgan fingerprint density at radius 1 is 1.03 bits per heavy atom. The predicted octanol–water partition coefficient (Wildman–Crippen LogP) is 2.97. The Morgan fingerprint density at radius 3 is 2.62 bits per heavy atom. The van der Waals surface area contributed by atoms with Crippen molar-refractivity contribution in [3.63, 3.8) is 0 Å². The largest absolute Gasteiger partial charge is 0.402 e. The van der Waals surface area contributed by atoms with Crippen molar-refractivity contribution in [3.05, 3.63) is 65.1 Å². The fraction of sp³-hybridized carbons (Fsp3) is 0.0500. The number of rotatable bonds is 2. The van der Waals surface area contributed by atoms with E-state index in [-0.39, 0.29) is 23.0 Å². The number of nitrogens with zero attached hydrogens (tertiary/aromatic N) is 4. The zero-order valence-electron chi connectivity index (χ0n) is 15.1. The van der Waals surface area contributed by atoms with Crippen LogP contribution in [0.3, 0.4) is 0 Å². The zero-order valence-corrected chi connectivity index (χ0v) is 15.9. The Balaban J connectivity index is 1.48. The van der Waals surface area contributed by atoms with E-state index in [1.807, 2.05) is 54.6 Å². The molecule has 0 unspecified atom stereocenters. The van der Waals surface area contributed by atoms with Crippen LogP contribution in [0.4, 0.5) is 11.7 Å². The van der Waals surface area contributed by atoms with E-state index < -0.39 is 0 Å².